The molecule has 0 heterocycles. The molecule has 0 aliphatic heterocycles. The topological polar surface area (TPSA) is 105 Å². The molecule has 0 rings (SSSR count). The maximum atomic E-state index is 12.9. The predicted octanol–water partition coefficient (Wildman–Crippen LogP) is 15.8. The first kappa shape index (κ1) is 61.7. The number of nitrogens with zero attached hydrogens (tertiary/aromatic N) is 1. The molecular formula is C54H106N2O6P+. The Morgan fingerprint density at radius 1 is 0.540 bits per heavy atom. The minimum atomic E-state index is -4.35. The zero-order valence-electron chi connectivity index (χ0n) is 42.3. The van der Waals surface area contributed by atoms with E-state index in [0.29, 0.717) is 17.4 Å². The number of quaternary nitrogens is 1. The maximum absolute atomic E-state index is 12.9. The van der Waals surface area contributed by atoms with Crippen molar-refractivity contribution in [2.24, 2.45) is 0 Å². The number of rotatable bonds is 49. The summed E-state index contributed by atoms with van der Waals surface area (Å²) in [7, 11) is 1.57. The van der Waals surface area contributed by atoms with Crippen LogP contribution in [0.3, 0.4) is 0 Å². The second-order valence-corrected chi connectivity index (χ2v) is 21.1. The normalized spacial score (nSPS) is 14.3. The van der Waals surface area contributed by atoms with Crippen molar-refractivity contribution >= 4 is 13.7 Å². The molecule has 372 valence electrons. The van der Waals surface area contributed by atoms with E-state index in [9.17, 15) is 19.4 Å². The van der Waals surface area contributed by atoms with E-state index in [0.717, 1.165) is 51.4 Å². The summed E-state index contributed by atoms with van der Waals surface area (Å²) in [4.78, 5) is 23.2. The largest absolute Gasteiger partial charge is 0.472 e. The van der Waals surface area contributed by atoms with Gasteiger partial charge in [-0.05, 0) is 51.4 Å². The fraction of sp³-hybridized carbons (Fsp3) is 0.870. The number of aliphatic hydroxyl groups excluding tert-OH is 1. The van der Waals surface area contributed by atoms with E-state index in [-0.39, 0.29) is 19.1 Å². The van der Waals surface area contributed by atoms with Gasteiger partial charge in [-0.15, -0.1) is 0 Å². The Morgan fingerprint density at radius 2 is 0.905 bits per heavy atom. The minimum Gasteiger partial charge on any atom is -0.387 e. The SMILES string of the molecule is CCCCCCCCCCC/C=C\C/C=C\CCCCCCCCCC(=O)NC(COP(=O)(O)OCC[N+](C)(C)C)C(O)/C=C/CCCCCCCCCCCCCCCCCC. The first-order valence-corrected chi connectivity index (χ1v) is 28.4. The number of carbonyl (C=O) groups excluding carboxylic acids is 1. The van der Waals surface area contributed by atoms with E-state index in [1.54, 1.807) is 6.08 Å². The third kappa shape index (κ3) is 48.5. The summed E-state index contributed by atoms with van der Waals surface area (Å²) < 4.78 is 23.7. The molecule has 3 N–H and O–H groups in total. The van der Waals surface area contributed by atoms with Gasteiger partial charge in [0.25, 0.3) is 0 Å². The van der Waals surface area contributed by atoms with Crippen LogP contribution in [0.4, 0.5) is 0 Å². The Labute approximate surface area is 391 Å². The van der Waals surface area contributed by atoms with E-state index in [1.165, 1.54) is 180 Å². The molecule has 0 aromatic carbocycles. The number of phosphoric acid groups is 1. The number of phosphoric ester groups is 1. The van der Waals surface area contributed by atoms with Crippen molar-refractivity contribution in [2.75, 3.05) is 40.9 Å². The van der Waals surface area contributed by atoms with E-state index in [1.807, 2.05) is 27.2 Å². The second-order valence-electron chi connectivity index (χ2n) is 19.6. The molecule has 8 nitrogen and oxygen atoms in total. The van der Waals surface area contributed by atoms with Crippen LogP contribution in [-0.2, 0) is 18.4 Å². The molecule has 0 saturated carbocycles. The van der Waals surface area contributed by atoms with Gasteiger partial charge in [0.2, 0.25) is 5.91 Å². The summed E-state index contributed by atoms with van der Waals surface area (Å²) >= 11 is 0. The highest BCUT2D eigenvalue weighted by Gasteiger charge is 2.27. The molecule has 9 heteroatoms. The molecule has 0 bridgehead atoms. The number of carbonyl (C=O) groups is 1. The van der Waals surface area contributed by atoms with Crippen LogP contribution < -0.4 is 5.32 Å². The van der Waals surface area contributed by atoms with Crippen LogP contribution >= 0.6 is 7.82 Å². The number of aliphatic hydroxyl groups is 1. The van der Waals surface area contributed by atoms with Crippen molar-refractivity contribution in [1.29, 1.82) is 0 Å². The number of unbranched alkanes of at least 4 members (excludes halogenated alkanes) is 32. The smallest absolute Gasteiger partial charge is 0.387 e. The van der Waals surface area contributed by atoms with E-state index in [2.05, 4.69) is 43.5 Å². The average Bonchev–Trinajstić information content (AvgIpc) is 3.24. The lowest BCUT2D eigenvalue weighted by molar-refractivity contribution is -0.870. The summed E-state index contributed by atoms with van der Waals surface area (Å²) in [5.41, 5.74) is 0. The molecule has 0 aromatic rings. The van der Waals surface area contributed by atoms with Gasteiger partial charge < -0.3 is 19.8 Å². The lowest BCUT2D eigenvalue weighted by Gasteiger charge is -2.25. The van der Waals surface area contributed by atoms with Gasteiger partial charge in [-0.25, -0.2) is 4.57 Å². The number of hydrogen-bond acceptors (Lipinski definition) is 5. The van der Waals surface area contributed by atoms with Gasteiger partial charge in [0.05, 0.1) is 39.9 Å². The van der Waals surface area contributed by atoms with E-state index < -0.39 is 20.0 Å². The van der Waals surface area contributed by atoms with Gasteiger partial charge in [0, 0.05) is 6.42 Å². The van der Waals surface area contributed by atoms with Gasteiger partial charge in [-0.3, -0.25) is 13.8 Å². The summed E-state index contributed by atoms with van der Waals surface area (Å²) in [6, 6.07) is -0.850. The van der Waals surface area contributed by atoms with Crippen LogP contribution in [0.2, 0.25) is 0 Å². The van der Waals surface area contributed by atoms with Crippen molar-refractivity contribution in [3.8, 4) is 0 Å². The van der Waals surface area contributed by atoms with Crippen LogP contribution in [-0.4, -0.2) is 73.4 Å². The molecule has 0 saturated heterocycles. The van der Waals surface area contributed by atoms with Gasteiger partial charge in [-0.1, -0.05) is 230 Å². The van der Waals surface area contributed by atoms with Gasteiger partial charge in [0.1, 0.15) is 13.2 Å². The minimum absolute atomic E-state index is 0.0600. The van der Waals surface area contributed by atoms with E-state index >= 15 is 0 Å². The molecule has 1 amide bonds. The van der Waals surface area contributed by atoms with Crippen molar-refractivity contribution < 1.29 is 32.9 Å². The van der Waals surface area contributed by atoms with Crippen molar-refractivity contribution in [3.63, 3.8) is 0 Å². The zero-order chi connectivity index (χ0) is 46.4. The zero-order valence-corrected chi connectivity index (χ0v) is 43.2. The van der Waals surface area contributed by atoms with Gasteiger partial charge >= 0.3 is 7.82 Å². The molecule has 3 unspecified atom stereocenters. The fourth-order valence-corrected chi connectivity index (χ4v) is 8.57. The quantitative estimate of drug-likeness (QED) is 0.0243. The van der Waals surface area contributed by atoms with Crippen LogP contribution in [0.1, 0.15) is 251 Å². The van der Waals surface area contributed by atoms with Crippen LogP contribution in [0.5, 0.6) is 0 Å². The molecule has 0 aromatic heterocycles. The lowest BCUT2D eigenvalue weighted by atomic mass is 10.0. The summed E-state index contributed by atoms with van der Waals surface area (Å²) in [5, 5.41) is 13.9. The first-order valence-electron chi connectivity index (χ1n) is 26.9. The number of allylic oxidation sites excluding steroid dienone is 5. The highest BCUT2D eigenvalue weighted by Crippen LogP contribution is 2.43. The summed E-state index contributed by atoms with van der Waals surface area (Å²) in [5.74, 6) is -0.183. The number of nitrogens with one attached hydrogen (secondary N) is 1. The molecule has 0 aliphatic carbocycles. The highest BCUT2D eigenvalue weighted by atomic mass is 31.2. The molecule has 0 spiro atoms. The van der Waals surface area contributed by atoms with Crippen molar-refractivity contribution in [1.82, 2.24) is 5.32 Å². The lowest BCUT2D eigenvalue weighted by Crippen LogP contribution is -2.45. The molecule has 0 radical (unpaired) electrons. The number of likely N-dealkylation sites (N-methyl/N-ethyl adjacent to an activating group) is 1. The second kappa shape index (κ2) is 45.9. The Balaban J connectivity index is 4.29. The third-order valence-corrected chi connectivity index (χ3v) is 13.1. The van der Waals surface area contributed by atoms with Crippen molar-refractivity contribution in [3.05, 3.63) is 36.5 Å². The Morgan fingerprint density at radius 3 is 1.30 bits per heavy atom. The van der Waals surface area contributed by atoms with Crippen LogP contribution in [0.25, 0.3) is 0 Å². The summed E-state index contributed by atoms with van der Waals surface area (Å²) in [6.07, 6.45) is 58.0. The van der Waals surface area contributed by atoms with Crippen LogP contribution in [0.15, 0.2) is 36.5 Å². The third-order valence-electron chi connectivity index (χ3n) is 12.1. The first-order chi connectivity index (χ1) is 30.5. The molecular weight excluding hydrogens is 804 g/mol. The molecule has 63 heavy (non-hydrogen) atoms. The van der Waals surface area contributed by atoms with Gasteiger partial charge in [-0.2, -0.15) is 0 Å². The maximum Gasteiger partial charge on any atom is 0.472 e. The van der Waals surface area contributed by atoms with Crippen molar-refractivity contribution in [2.45, 2.75) is 264 Å². The monoisotopic (exact) mass is 910 g/mol. The fourth-order valence-electron chi connectivity index (χ4n) is 7.84. The molecule has 0 fully saturated rings. The molecule has 3 atom stereocenters. The predicted molar refractivity (Wildman–Crippen MR) is 272 cm³/mol. The number of amides is 1. The average molecular weight is 910 g/mol. The summed E-state index contributed by atoms with van der Waals surface area (Å²) in [6.45, 7) is 4.83. The van der Waals surface area contributed by atoms with E-state index in [4.69, 9.17) is 9.05 Å². The highest BCUT2D eigenvalue weighted by molar-refractivity contribution is 7.47. The Kier molecular flexibility index (Phi) is 44.9. The molecule has 0 aliphatic rings. The standard InChI is InChI=1S/C54H105N2O6P/c1-6-8-10-12-14-16-18-20-22-24-26-27-28-29-30-32-34-36-38-40-42-44-46-48-54(58)55-52(51-62-63(59,60)61-50-49-56(3,4)5)53(57)47-45-43-41-39-37-35-33-31-25-23-21-19-17-15-13-11-9-7-2/h26-27,29-30,45,47,52-53,57H,6-25,28,31-44,46,48-51H2,1-5H3,(H-,55,58,59,60)/p+1/b27-26-,30-29-,47-45+. The van der Waals surface area contributed by atoms with Gasteiger partial charge in [0.15, 0.2) is 0 Å². The Bertz CT molecular complexity index is 1120. The van der Waals surface area contributed by atoms with Crippen LogP contribution in [0, 0.1) is 0 Å². The number of hydrogen-bond donors (Lipinski definition) is 3. The Hall–Kier alpha value is -1.28.